The fourth-order valence-corrected chi connectivity index (χ4v) is 4.01. The van der Waals surface area contributed by atoms with E-state index in [1.807, 2.05) is 12.1 Å². The van der Waals surface area contributed by atoms with Crippen molar-refractivity contribution in [2.45, 2.75) is 24.7 Å². The highest BCUT2D eigenvalue weighted by Gasteiger charge is 2.34. The van der Waals surface area contributed by atoms with Crippen LogP contribution in [0, 0.1) is 0 Å². The lowest BCUT2D eigenvalue weighted by atomic mass is 9.74. The highest BCUT2D eigenvalue weighted by atomic mass is 127. The summed E-state index contributed by atoms with van der Waals surface area (Å²) in [7, 11) is 1.69. The van der Waals surface area contributed by atoms with Crippen LogP contribution in [0.5, 0.6) is 5.75 Å². The third-order valence-corrected chi connectivity index (χ3v) is 5.90. The van der Waals surface area contributed by atoms with Crippen LogP contribution in [-0.2, 0) is 16.6 Å². The molecule has 0 bridgehead atoms. The van der Waals surface area contributed by atoms with Crippen LogP contribution in [0.3, 0.4) is 0 Å². The van der Waals surface area contributed by atoms with Crippen LogP contribution in [-0.4, -0.2) is 39.4 Å². The molecule has 7 heteroatoms. The van der Waals surface area contributed by atoms with Crippen molar-refractivity contribution in [2.24, 2.45) is 10.7 Å². The van der Waals surface area contributed by atoms with Crippen LogP contribution >= 0.6 is 35.3 Å². The molecule has 0 radical (unpaired) electrons. The standard InChI is InChI=1S/C20H27N3O2S.HI/c1-24-17-6-4-16(5-7-17)20(9-12-25-13-10-20)15-23-19(21)22-11-8-18-3-2-14-26-18;/h2-7,14H,8-13,15H2,1H3,(H3,21,22,23);1H. The van der Waals surface area contributed by atoms with Crippen molar-refractivity contribution in [1.82, 2.24) is 5.32 Å². The van der Waals surface area contributed by atoms with E-state index in [1.54, 1.807) is 18.4 Å². The van der Waals surface area contributed by atoms with E-state index in [9.17, 15) is 0 Å². The molecule has 2 aromatic rings. The lowest BCUT2D eigenvalue weighted by Gasteiger charge is -2.36. The second-order valence-electron chi connectivity index (χ2n) is 6.58. The van der Waals surface area contributed by atoms with Gasteiger partial charge in [0.25, 0.3) is 0 Å². The van der Waals surface area contributed by atoms with Crippen molar-refractivity contribution in [3.63, 3.8) is 0 Å². The van der Waals surface area contributed by atoms with Gasteiger partial charge in [0.05, 0.1) is 13.7 Å². The SMILES string of the molecule is COc1ccc(C2(CN=C(N)NCCc3cccs3)CCOCC2)cc1.I. The summed E-state index contributed by atoms with van der Waals surface area (Å²) in [6.07, 6.45) is 2.86. The number of ether oxygens (including phenoxy) is 2. The van der Waals surface area contributed by atoms with Crippen LogP contribution in [0.25, 0.3) is 0 Å². The van der Waals surface area contributed by atoms with Crippen LogP contribution in [0.4, 0.5) is 0 Å². The predicted octanol–water partition coefficient (Wildman–Crippen LogP) is 3.57. The highest BCUT2D eigenvalue weighted by Crippen LogP contribution is 2.36. The van der Waals surface area contributed by atoms with E-state index in [4.69, 9.17) is 15.2 Å². The Bertz CT molecular complexity index is 699. The van der Waals surface area contributed by atoms with Crippen molar-refractivity contribution in [3.8, 4) is 5.75 Å². The zero-order chi connectivity index (χ0) is 18.2. The van der Waals surface area contributed by atoms with E-state index in [0.29, 0.717) is 12.5 Å². The minimum Gasteiger partial charge on any atom is -0.497 e. The Morgan fingerprint density at radius 2 is 2.00 bits per heavy atom. The number of nitrogens with two attached hydrogens (primary N) is 1. The minimum atomic E-state index is -0.0232. The molecule has 1 aromatic carbocycles. The number of aliphatic imine (C=N–C) groups is 1. The molecule has 0 atom stereocenters. The molecule has 3 rings (SSSR count). The number of guanidine groups is 1. The molecule has 27 heavy (non-hydrogen) atoms. The van der Waals surface area contributed by atoms with Crippen molar-refractivity contribution >= 4 is 41.3 Å². The number of nitrogens with one attached hydrogen (secondary N) is 1. The molecule has 1 fully saturated rings. The van der Waals surface area contributed by atoms with Gasteiger partial charge in [-0.05, 0) is 48.4 Å². The molecule has 2 heterocycles. The fourth-order valence-electron chi connectivity index (χ4n) is 3.31. The third-order valence-electron chi connectivity index (χ3n) is 4.96. The molecule has 0 amide bonds. The summed E-state index contributed by atoms with van der Waals surface area (Å²) >= 11 is 1.77. The third kappa shape index (κ3) is 6.08. The number of nitrogens with zero attached hydrogens (tertiary/aromatic N) is 1. The Morgan fingerprint density at radius 1 is 1.26 bits per heavy atom. The van der Waals surface area contributed by atoms with Gasteiger partial charge in [0.2, 0.25) is 0 Å². The van der Waals surface area contributed by atoms with Crippen molar-refractivity contribution in [2.75, 3.05) is 33.4 Å². The van der Waals surface area contributed by atoms with Crippen LogP contribution in [0.1, 0.15) is 23.3 Å². The number of benzene rings is 1. The van der Waals surface area contributed by atoms with Gasteiger partial charge in [0.1, 0.15) is 5.75 Å². The molecule has 0 unspecified atom stereocenters. The van der Waals surface area contributed by atoms with Crippen molar-refractivity contribution < 1.29 is 9.47 Å². The van der Waals surface area contributed by atoms with Crippen LogP contribution in [0.15, 0.2) is 46.8 Å². The number of methoxy groups -OCH3 is 1. The van der Waals surface area contributed by atoms with E-state index in [0.717, 1.165) is 44.8 Å². The highest BCUT2D eigenvalue weighted by molar-refractivity contribution is 14.0. The Morgan fingerprint density at radius 3 is 2.63 bits per heavy atom. The van der Waals surface area contributed by atoms with Gasteiger partial charge in [-0.2, -0.15) is 0 Å². The summed E-state index contributed by atoms with van der Waals surface area (Å²) in [5, 5.41) is 5.32. The molecule has 1 aliphatic heterocycles. The van der Waals surface area contributed by atoms with Crippen LogP contribution < -0.4 is 15.8 Å². The Kier molecular flexibility index (Phi) is 8.85. The average molecular weight is 501 g/mol. The molecule has 1 aromatic heterocycles. The molecule has 0 saturated carbocycles. The summed E-state index contributed by atoms with van der Waals surface area (Å²) in [4.78, 5) is 6.01. The van der Waals surface area contributed by atoms with Gasteiger partial charge >= 0.3 is 0 Å². The van der Waals surface area contributed by atoms with E-state index >= 15 is 0 Å². The zero-order valence-electron chi connectivity index (χ0n) is 15.6. The second kappa shape index (κ2) is 10.9. The maximum atomic E-state index is 6.10. The van der Waals surface area contributed by atoms with E-state index in [-0.39, 0.29) is 29.4 Å². The number of rotatable bonds is 7. The van der Waals surface area contributed by atoms with Gasteiger partial charge in [-0.1, -0.05) is 18.2 Å². The summed E-state index contributed by atoms with van der Waals surface area (Å²) in [6.45, 7) is 2.98. The first-order valence-electron chi connectivity index (χ1n) is 9.00. The quantitative estimate of drug-likeness (QED) is 0.346. The molecule has 1 aliphatic rings. The molecular formula is C20H28IN3O2S. The molecule has 0 aliphatic carbocycles. The molecule has 148 valence electrons. The molecule has 0 spiro atoms. The van der Waals surface area contributed by atoms with Gasteiger partial charge < -0.3 is 20.5 Å². The molecule has 1 saturated heterocycles. The first-order chi connectivity index (χ1) is 12.7. The predicted molar refractivity (Wildman–Crippen MR) is 123 cm³/mol. The summed E-state index contributed by atoms with van der Waals surface area (Å²) in [6, 6.07) is 12.5. The maximum Gasteiger partial charge on any atom is 0.188 e. The Hall–Kier alpha value is -1.32. The molecular weight excluding hydrogens is 473 g/mol. The number of halogens is 1. The largest absolute Gasteiger partial charge is 0.497 e. The Labute approximate surface area is 182 Å². The van der Waals surface area contributed by atoms with Crippen LogP contribution in [0.2, 0.25) is 0 Å². The van der Waals surface area contributed by atoms with Crippen molar-refractivity contribution in [3.05, 3.63) is 52.2 Å². The van der Waals surface area contributed by atoms with Gasteiger partial charge in [0, 0.05) is 30.1 Å². The lowest BCUT2D eigenvalue weighted by Crippen LogP contribution is -2.39. The fraction of sp³-hybridized carbons (Fsp3) is 0.450. The van der Waals surface area contributed by atoms with E-state index in [1.165, 1.54) is 10.4 Å². The first-order valence-corrected chi connectivity index (χ1v) is 9.88. The number of hydrogen-bond acceptors (Lipinski definition) is 4. The summed E-state index contributed by atoms with van der Waals surface area (Å²) in [5.41, 5.74) is 7.36. The van der Waals surface area contributed by atoms with Gasteiger partial charge in [-0.15, -0.1) is 35.3 Å². The van der Waals surface area contributed by atoms with Gasteiger partial charge in [-0.25, -0.2) is 0 Å². The maximum absolute atomic E-state index is 6.10. The number of thiophene rings is 1. The molecule has 3 N–H and O–H groups in total. The first kappa shape index (κ1) is 22.0. The smallest absolute Gasteiger partial charge is 0.188 e. The number of hydrogen-bond donors (Lipinski definition) is 2. The normalized spacial score (nSPS) is 16.4. The minimum absolute atomic E-state index is 0. The van der Waals surface area contributed by atoms with Gasteiger partial charge in [-0.3, -0.25) is 4.99 Å². The monoisotopic (exact) mass is 501 g/mol. The topological polar surface area (TPSA) is 68.9 Å². The van der Waals surface area contributed by atoms with Crippen molar-refractivity contribution in [1.29, 1.82) is 0 Å². The van der Waals surface area contributed by atoms with Gasteiger partial charge in [0.15, 0.2) is 5.96 Å². The average Bonchev–Trinajstić information content (AvgIpc) is 3.21. The zero-order valence-corrected chi connectivity index (χ0v) is 18.8. The molecule has 5 nitrogen and oxygen atoms in total. The van der Waals surface area contributed by atoms with E-state index in [2.05, 4.69) is 40.0 Å². The lowest BCUT2D eigenvalue weighted by molar-refractivity contribution is 0.0531. The summed E-state index contributed by atoms with van der Waals surface area (Å²) < 4.78 is 10.9. The Balaban J connectivity index is 0.00000261. The van der Waals surface area contributed by atoms with E-state index < -0.39 is 0 Å². The summed E-state index contributed by atoms with van der Waals surface area (Å²) in [5.74, 6) is 1.38. The second-order valence-corrected chi connectivity index (χ2v) is 7.61.